The lowest BCUT2D eigenvalue weighted by Crippen LogP contribution is -2.06. The molecule has 0 saturated carbocycles. The maximum atomic E-state index is 5.53. The smallest absolute Gasteiger partial charge is 0.225 e. The van der Waals surface area contributed by atoms with Crippen LogP contribution in [0.15, 0.2) is 18.7 Å². The van der Waals surface area contributed by atoms with E-state index >= 15 is 0 Å². The first-order valence-electron chi connectivity index (χ1n) is 4.88. The van der Waals surface area contributed by atoms with Gasteiger partial charge in [0.1, 0.15) is 5.82 Å². The number of hydrogen-bond acceptors (Lipinski definition) is 5. The van der Waals surface area contributed by atoms with Crippen molar-refractivity contribution in [3.05, 3.63) is 18.7 Å². The Kier molecular flexibility index (Phi) is 4.40. The number of nitrogens with one attached hydrogen (secondary N) is 1. The van der Waals surface area contributed by atoms with Crippen molar-refractivity contribution in [1.29, 1.82) is 0 Å². The van der Waals surface area contributed by atoms with Crippen LogP contribution in [0.2, 0.25) is 0 Å². The van der Waals surface area contributed by atoms with Crippen LogP contribution in [-0.2, 0) is 0 Å². The number of ether oxygens (including phenoxy) is 1. The van der Waals surface area contributed by atoms with E-state index in [-0.39, 0.29) is 5.95 Å². The maximum Gasteiger partial charge on any atom is 0.225 e. The zero-order valence-electron chi connectivity index (χ0n) is 8.86. The average molecular weight is 208 g/mol. The highest BCUT2D eigenvalue weighted by molar-refractivity contribution is 5.42. The molecule has 0 aliphatic heterocycles. The number of nitrogens with two attached hydrogens (primary N) is 1. The molecule has 5 heteroatoms. The highest BCUT2D eigenvalue weighted by Gasteiger charge is 2.01. The molecule has 1 aromatic rings. The number of nitrogen functional groups attached to an aromatic ring is 1. The Morgan fingerprint density at radius 1 is 1.60 bits per heavy atom. The molecular formula is C10H16N4O. The van der Waals surface area contributed by atoms with Gasteiger partial charge in [0.25, 0.3) is 0 Å². The van der Waals surface area contributed by atoms with Gasteiger partial charge in [0.2, 0.25) is 11.8 Å². The lowest BCUT2D eigenvalue weighted by atomic mass is 10.4. The van der Waals surface area contributed by atoms with Gasteiger partial charge in [0, 0.05) is 12.6 Å². The Hall–Kier alpha value is -1.78. The zero-order chi connectivity index (χ0) is 11.1. The average Bonchev–Trinajstić information content (AvgIpc) is 2.18. The molecule has 0 atom stereocenters. The summed E-state index contributed by atoms with van der Waals surface area (Å²) in [4.78, 5) is 7.97. The van der Waals surface area contributed by atoms with Crippen molar-refractivity contribution in [2.75, 3.05) is 24.2 Å². The number of hydrogen-bond donors (Lipinski definition) is 2. The summed E-state index contributed by atoms with van der Waals surface area (Å²) in [5.74, 6) is 1.38. The predicted molar refractivity (Wildman–Crippen MR) is 60.9 cm³/mol. The standard InChI is InChI=1S/C10H16N4O/c1-3-5-6-15-9-7-8(12-4-2)13-10(11)14-9/h3,7H,1,4-6H2,2H3,(H3,11,12,13,14). The van der Waals surface area contributed by atoms with E-state index in [1.54, 1.807) is 12.1 Å². The molecule has 0 unspecified atom stereocenters. The van der Waals surface area contributed by atoms with E-state index < -0.39 is 0 Å². The summed E-state index contributed by atoms with van der Waals surface area (Å²) < 4.78 is 5.37. The van der Waals surface area contributed by atoms with Gasteiger partial charge in [0.05, 0.1) is 6.61 Å². The fraction of sp³-hybridized carbons (Fsp3) is 0.400. The van der Waals surface area contributed by atoms with E-state index in [0.29, 0.717) is 18.3 Å². The largest absolute Gasteiger partial charge is 0.477 e. The molecule has 0 aromatic carbocycles. The summed E-state index contributed by atoms with van der Waals surface area (Å²) in [6.45, 7) is 6.92. The summed E-state index contributed by atoms with van der Waals surface area (Å²) in [5, 5.41) is 3.05. The molecule has 3 N–H and O–H groups in total. The summed E-state index contributed by atoms with van der Waals surface area (Å²) in [7, 11) is 0. The van der Waals surface area contributed by atoms with Gasteiger partial charge in [-0.15, -0.1) is 6.58 Å². The van der Waals surface area contributed by atoms with Gasteiger partial charge in [-0.25, -0.2) is 0 Å². The molecule has 0 aliphatic carbocycles. The van der Waals surface area contributed by atoms with E-state index in [0.717, 1.165) is 13.0 Å². The van der Waals surface area contributed by atoms with Crippen molar-refractivity contribution in [2.45, 2.75) is 13.3 Å². The molecule has 0 fully saturated rings. The fourth-order valence-electron chi connectivity index (χ4n) is 1.04. The Morgan fingerprint density at radius 3 is 3.07 bits per heavy atom. The van der Waals surface area contributed by atoms with Crippen LogP contribution in [0.5, 0.6) is 5.88 Å². The fourth-order valence-corrected chi connectivity index (χ4v) is 1.04. The Labute approximate surface area is 89.4 Å². The van der Waals surface area contributed by atoms with Gasteiger partial charge >= 0.3 is 0 Å². The minimum Gasteiger partial charge on any atom is -0.477 e. The van der Waals surface area contributed by atoms with E-state index in [1.807, 2.05) is 6.92 Å². The Bertz CT molecular complexity index is 327. The number of nitrogens with zero attached hydrogens (tertiary/aromatic N) is 2. The minimum atomic E-state index is 0.210. The Balaban J connectivity index is 2.65. The molecule has 0 radical (unpaired) electrons. The summed E-state index contributed by atoms with van der Waals surface area (Å²) in [6, 6.07) is 1.73. The van der Waals surface area contributed by atoms with Crippen molar-refractivity contribution in [2.24, 2.45) is 0 Å². The monoisotopic (exact) mass is 208 g/mol. The van der Waals surface area contributed by atoms with E-state index in [9.17, 15) is 0 Å². The highest BCUT2D eigenvalue weighted by atomic mass is 16.5. The zero-order valence-corrected chi connectivity index (χ0v) is 8.86. The third kappa shape index (κ3) is 3.84. The van der Waals surface area contributed by atoms with Gasteiger partial charge in [-0.3, -0.25) is 0 Å². The van der Waals surface area contributed by atoms with Crippen LogP contribution < -0.4 is 15.8 Å². The second kappa shape index (κ2) is 5.85. The quantitative estimate of drug-likeness (QED) is 0.546. The van der Waals surface area contributed by atoms with Crippen LogP contribution in [0.25, 0.3) is 0 Å². The molecule has 1 heterocycles. The van der Waals surface area contributed by atoms with Gasteiger partial charge in [-0.2, -0.15) is 9.97 Å². The van der Waals surface area contributed by atoms with Gasteiger partial charge in [-0.05, 0) is 13.3 Å². The van der Waals surface area contributed by atoms with Gasteiger partial charge < -0.3 is 15.8 Å². The SMILES string of the molecule is C=CCCOc1cc(NCC)nc(N)n1. The van der Waals surface area contributed by atoms with Crippen molar-refractivity contribution >= 4 is 11.8 Å². The molecule has 0 saturated heterocycles. The molecule has 82 valence electrons. The lowest BCUT2D eigenvalue weighted by molar-refractivity contribution is 0.312. The van der Waals surface area contributed by atoms with Crippen molar-refractivity contribution in [3.63, 3.8) is 0 Å². The number of rotatable bonds is 6. The first kappa shape index (κ1) is 11.3. The first-order valence-corrected chi connectivity index (χ1v) is 4.88. The molecule has 0 spiro atoms. The summed E-state index contributed by atoms with van der Waals surface area (Å²) in [5.41, 5.74) is 5.53. The molecule has 0 aliphatic rings. The van der Waals surface area contributed by atoms with Crippen LogP contribution >= 0.6 is 0 Å². The topological polar surface area (TPSA) is 73.1 Å². The second-order valence-corrected chi connectivity index (χ2v) is 2.91. The van der Waals surface area contributed by atoms with Crippen molar-refractivity contribution < 1.29 is 4.74 Å². The maximum absolute atomic E-state index is 5.53. The van der Waals surface area contributed by atoms with Gasteiger partial charge in [0.15, 0.2) is 0 Å². The van der Waals surface area contributed by atoms with Crippen LogP contribution in [-0.4, -0.2) is 23.1 Å². The first-order chi connectivity index (χ1) is 7.26. The normalized spacial score (nSPS) is 9.67. The molecular weight excluding hydrogens is 192 g/mol. The predicted octanol–water partition coefficient (Wildman–Crippen LogP) is 1.45. The Morgan fingerprint density at radius 2 is 2.40 bits per heavy atom. The summed E-state index contributed by atoms with van der Waals surface area (Å²) >= 11 is 0. The van der Waals surface area contributed by atoms with Crippen molar-refractivity contribution in [1.82, 2.24) is 9.97 Å². The van der Waals surface area contributed by atoms with Gasteiger partial charge in [-0.1, -0.05) is 6.08 Å². The molecule has 1 rings (SSSR count). The van der Waals surface area contributed by atoms with Crippen LogP contribution in [0.4, 0.5) is 11.8 Å². The van der Waals surface area contributed by atoms with Crippen molar-refractivity contribution in [3.8, 4) is 5.88 Å². The summed E-state index contributed by atoms with van der Waals surface area (Å²) in [6.07, 6.45) is 2.57. The van der Waals surface area contributed by atoms with Crippen LogP contribution in [0.1, 0.15) is 13.3 Å². The number of aromatic nitrogens is 2. The van der Waals surface area contributed by atoms with Crippen LogP contribution in [0.3, 0.4) is 0 Å². The highest BCUT2D eigenvalue weighted by Crippen LogP contribution is 2.14. The lowest BCUT2D eigenvalue weighted by Gasteiger charge is -2.07. The van der Waals surface area contributed by atoms with Crippen LogP contribution in [0, 0.1) is 0 Å². The van der Waals surface area contributed by atoms with E-state index in [2.05, 4.69) is 21.9 Å². The third-order valence-corrected chi connectivity index (χ3v) is 1.65. The third-order valence-electron chi connectivity index (χ3n) is 1.65. The van der Waals surface area contributed by atoms with E-state index in [4.69, 9.17) is 10.5 Å². The molecule has 5 nitrogen and oxygen atoms in total. The molecule has 0 bridgehead atoms. The minimum absolute atomic E-state index is 0.210. The number of anilines is 2. The van der Waals surface area contributed by atoms with E-state index in [1.165, 1.54) is 0 Å². The molecule has 15 heavy (non-hydrogen) atoms. The molecule has 0 amide bonds. The molecule has 1 aromatic heterocycles. The second-order valence-electron chi connectivity index (χ2n) is 2.91.